The molecule has 2 rings (SSSR count). The van der Waals surface area contributed by atoms with E-state index in [0.29, 0.717) is 10.3 Å². The average molecular weight is 243 g/mol. The van der Waals surface area contributed by atoms with Gasteiger partial charge in [-0.2, -0.15) is 4.73 Å². The second-order valence-corrected chi connectivity index (χ2v) is 4.23. The van der Waals surface area contributed by atoms with Crippen molar-refractivity contribution in [3.8, 4) is 11.1 Å². The van der Waals surface area contributed by atoms with Crippen molar-refractivity contribution in [2.75, 3.05) is 0 Å². The van der Waals surface area contributed by atoms with Gasteiger partial charge in [0.1, 0.15) is 0 Å². The average Bonchev–Trinajstić information content (AvgIpc) is 2.32. The molecule has 0 unspecified atom stereocenters. The first-order valence-electron chi connectivity index (χ1n) is 5.53. The Morgan fingerprint density at radius 1 is 1.11 bits per heavy atom. The fraction of sp³-hybridized carbons (Fsp3) is 0.143. The number of carboxylic acid groups (broad SMARTS) is 1. The lowest BCUT2D eigenvalue weighted by Crippen LogP contribution is -2.34. The minimum absolute atomic E-state index is 0.275. The van der Waals surface area contributed by atoms with Gasteiger partial charge in [0, 0.05) is 11.6 Å². The van der Waals surface area contributed by atoms with Crippen LogP contribution in [0.15, 0.2) is 36.5 Å². The molecule has 0 aliphatic rings. The standard InChI is InChI=1S/C14H13NO3/c1-9-3-4-11(7-10(9)2)12-5-6-13(14(16)17)15(18)8-12/h3-8H,1-2H3,(H,16,17). The van der Waals surface area contributed by atoms with Crippen LogP contribution in [0.3, 0.4) is 0 Å². The van der Waals surface area contributed by atoms with Crippen LogP contribution in [-0.4, -0.2) is 11.1 Å². The molecule has 2 aromatic rings. The van der Waals surface area contributed by atoms with Gasteiger partial charge in [0.2, 0.25) is 0 Å². The molecule has 0 aliphatic carbocycles. The van der Waals surface area contributed by atoms with E-state index in [1.165, 1.54) is 17.8 Å². The quantitative estimate of drug-likeness (QED) is 0.650. The highest BCUT2D eigenvalue weighted by molar-refractivity contribution is 5.84. The Balaban J connectivity index is 2.48. The summed E-state index contributed by atoms with van der Waals surface area (Å²) in [4.78, 5) is 10.7. The third-order valence-electron chi connectivity index (χ3n) is 2.97. The van der Waals surface area contributed by atoms with Crippen molar-refractivity contribution in [2.24, 2.45) is 0 Å². The van der Waals surface area contributed by atoms with Crippen molar-refractivity contribution in [3.63, 3.8) is 0 Å². The predicted molar refractivity (Wildman–Crippen MR) is 67.3 cm³/mol. The first kappa shape index (κ1) is 12.1. The molecule has 0 amide bonds. The zero-order valence-electron chi connectivity index (χ0n) is 10.2. The van der Waals surface area contributed by atoms with Gasteiger partial charge in [-0.05, 0) is 36.6 Å². The fourth-order valence-corrected chi connectivity index (χ4v) is 1.74. The summed E-state index contributed by atoms with van der Waals surface area (Å²) >= 11 is 0. The number of aromatic carboxylic acids is 1. The van der Waals surface area contributed by atoms with E-state index in [0.717, 1.165) is 11.1 Å². The van der Waals surface area contributed by atoms with Crippen molar-refractivity contribution >= 4 is 5.97 Å². The number of carboxylic acids is 1. The molecular formula is C14H13NO3. The maximum absolute atomic E-state index is 11.5. The van der Waals surface area contributed by atoms with Crippen LogP contribution in [0.1, 0.15) is 21.6 Å². The van der Waals surface area contributed by atoms with E-state index in [-0.39, 0.29) is 5.69 Å². The van der Waals surface area contributed by atoms with E-state index in [9.17, 15) is 10.0 Å². The van der Waals surface area contributed by atoms with E-state index >= 15 is 0 Å². The molecule has 0 spiro atoms. The SMILES string of the molecule is Cc1ccc(-c2ccc(C(=O)O)[n+]([O-])c2)cc1C. The van der Waals surface area contributed by atoms with Crippen LogP contribution in [0, 0.1) is 19.1 Å². The number of pyridine rings is 1. The molecule has 0 aliphatic heterocycles. The van der Waals surface area contributed by atoms with Crippen molar-refractivity contribution < 1.29 is 14.6 Å². The van der Waals surface area contributed by atoms with E-state index in [1.807, 2.05) is 32.0 Å². The number of aryl methyl sites for hydroxylation is 2. The van der Waals surface area contributed by atoms with E-state index < -0.39 is 5.97 Å². The molecule has 0 fully saturated rings. The van der Waals surface area contributed by atoms with Gasteiger partial charge in [0.25, 0.3) is 0 Å². The summed E-state index contributed by atoms with van der Waals surface area (Å²) in [6.07, 6.45) is 1.29. The largest absolute Gasteiger partial charge is 0.618 e. The molecule has 0 radical (unpaired) electrons. The second kappa shape index (κ2) is 4.49. The smallest absolute Gasteiger partial charge is 0.402 e. The highest BCUT2D eigenvalue weighted by atomic mass is 16.5. The minimum atomic E-state index is -1.23. The predicted octanol–water partition coefficient (Wildman–Crippen LogP) is 2.30. The monoisotopic (exact) mass is 243 g/mol. The molecule has 4 heteroatoms. The number of rotatable bonds is 2. The molecule has 18 heavy (non-hydrogen) atoms. The van der Waals surface area contributed by atoms with Crippen molar-refractivity contribution in [1.29, 1.82) is 0 Å². The zero-order valence-corrected chi connectivity index (χ0v) is 10.2. The van der Waals surface area contributed by atoms with Crippen LogP contribution in [0.25, 0.3) is 11.1 Å². The molecule has 0 bridgehead atoms. The molecule has 4 nitrogen and oxygen atoms in total. The molecule has 1 aromatic heterocycles. The summed E-state index contributed by atoms with van der Waals surface area (Å²) in [7, 11) is 0. The lowest BCUT2D eigenvalue weighted by molar-refractivity contribution is -0.607. The first-order chi connectivity index (χ1) is 8.49. The molecular weight excluding hydrogens is 230 g/mol. The van der Waals surface area contributed by atoms with Gasteiger partial charge in [-0.3, -0.25) is 0 Å². The van der Waals surface area contributed by atoms with Gasteiger partial charge in [-0.25, -0.2) is 4.79 Å². The number of carbonyl (C=O) groups is 1. The van der Waals surface area contributed by atoms with Crippen LogP contribution in [0.4, 0.5) is 0 Å². The fourth-order valence-electron chi connectivity index (χ4n) is 1.74. The Hall–Kier alpha value is -2.36. The summed E-state index contributed by atoms with van der Waals surface area (Å²) in [6.45, 7) is 4.01. The van der Waals surface area contributed by atoms with Gasteiger partial charge in [0.15, 0.2) is 6.20 Å². The molecule has 0 atom stereocenters. The van der Waals surface area contributed by atoms with Crippen LogP contribution < -0.4 is 4.73 Å². The van der Waals surface area contributed by atoms with Crippen LogP contribution >= 0.6 is 0 Å². The number of benzene rings is 1. The van der Waals surface area contributed by atoms with Crippen LogP contribution in [0.5, 0.6) is 0 Å². The highest BCUT2D eigenvalue weighted by Crippen LogP contribution is 2.21. The Morgan fingerprint density at radius 3 is 2.33 bits per heavy atom. The van der Waals surface area contributed by atoms with E-state index in [1.54, 1.807) is 6.07 Å². The number of aromatic nitrogens is 1. The molecule has 92 valence electrons. The highest BCUT2D eigenvalue weighted by Gasteiger charge is 2.15. The molecule has 1 aromatic carbocycles. The lowest BCUT2D eigenvalue weighted by Gasteiger charge is -2.06. The van der Waals surface area contributed by atoms with Crippen LogP contribution in [0.2, 0.25) is 0 Å². The summed E-state index contributed by atoms with van der Waals surface area (Å²) in [6, 6.07) is 8.83. The Bertz CT molecular complexity index is 620. The van der Waals surface area contributed by atoms with Crippen molar-refractivity contribution in [2.45, 2.75) is 13.8 Å². The summed E-state index contributed by atoms with van der Waals surface area (Å²) in [5, 5.41) is 20.3. The van der Waals surface area contributed by atoms with E-state index in [4.69, 9.17) is 5.11 Å². The number of hydrogen-bond acceptors (Lipinski definition) is 2. The first-order valence-corrected chi connectivity index (χ1v) is 5.53. The molecule has 1 N–H and O–H groups in total. The molecule has 1 heterocycles. The Morgan fingerprint density at radius 2 is 1.78 bits per heavy atom. The third kappa shape index (κ3) is 2.18. The maximum Gasteiger partial charge on any atom is 0.402 e. The minimum Gasteiger partial charge on any atom is -0.618 e. The van der Waals surface area contributed by atoms with E-state index in [2.05, 4.69) is 0 Å². The molecule has 0 saturated carbocycles. The Labute approximate surface area is 105 Å². The summed E-state index contributed by atoms with van der Waals surface area (Å²) in [5.74, 6) is -1.23. The Kier molecular flexibility index (Phi) is 3.02. The second-order valence-electron chi connectivity index (χ2n) is 4.23. The third-order valence-corrected chi connectivity index (χ3v) is 2.97. The maximum atomic E-state index is 11.5. The van der Waals surface area contributed by atoms with Gasteiger partial charge in [0.05, 0.1) is 0 Å². The summed E-state index contributed by atoms with van der Waals surface area (Å²) in [5.41, 5.74) is 3.64. The number of nitrogens with zero attached hydrogens (tertiary/aromatic N) is 1. The zero-order chi connectivity index (χ0) is 13.3. The normalized spacial score (nSPS) is 10.3. The van der Waals surface area contributed by atoms with Gasteiger partial charge >= 0.3 is 11.7 Å². The van der Waals surface area contributed by atoms with Gasteiger partial charge in [-0.15, -0.1) is 0 Å². The summed E-state index contributed by atoms with van der Waals surface area (Å²) < 4.78 is 0.382. The van der Waals surface area contributed by atoms with Gasteiger partial charge < -0.3 is 10.3 Å². The van der Waals surface area contributed by atoms with Gasteiger partial charge in [-0.1, -0.05) is 18.2 Å². The van der Waals surface area contributed by atoms with Crippen molar-refractivity contribution in [3.05, 3.63) is 58.6 Å². The number of hydrogen-bond donors (Lipinski definition) is 1. The van der Waals surface area contributed by atoms with Crippen molar-refractivity contribution in [1.82, 2.24) is 0 Å². The molecule has 0 saturated heterocycles. The van der Waals surface area contributed by atoms with Crippen LogP contribution in [-0.2, 0) is 0 Å². The topological polar surface area (TPSA) is 64.2 Å². The lowest BCUT2D eigenvalue weighted by atomic mass is 10.0.